The molecule has 2 aromatic carbocycles. The van der Waals surface area contributed by atoms with Crippen LogP contribution in [-0.4, -0.2) is 56.7 Å². The van der Waals surface area contributed by atoms with Crippen molar-refractivity contribution in [3.63, 3.8) is 0 Å². The highest BCUT2D eigenvalue weighted by Crippen LogP contribution is 2.45. The van der Waals surface area contributed by atoms with Crippen LogP contribution in [-0.2, 0) is 14.3 Å². The van der Waals surface area contributed by atoms with Crippen LogP contribution >= 0.6 is 0 Å². The summed E-state index contributed by atoms with van der Waals surface area (Å²) in [4.78, 5) is 38.3. The molecule has 0 aliphatic heterocycles. The van der Waals surface area contributed by atoms with Crippen LogP contribution in [0.4, 0.5) is 0 Å². The highest BCUT2D eigenvalue weighted by molar-refractivity contribution is 6.10. The lowest BCUT2D eigenvalue weighted by Gasteiger charge is -2.38. The normalized spacial score (nSPS) is 22.8. The second-order valence-electron chi connectivity index (χ2n) is 7.97. The predicted molar refractivity (Wildman–Crippen MR) is 116 cm³/mol. The molecule has 1 aliphatic carbocycles. The number of benzene rings is 2. The molecule has 1 N–H and O–H groups in total. The van der Waals surface area contributed by atoms with E-state index in [-0.39, 0.29) is 30.6 Å². The Morgan fingerprint density at radius 1 is 1.00 bits per heavy atom. The van der Waals surface area contributed by atoms with E-state index in [2.05, 4.69) is 0 Å². The van der Waals surface area contributed by atoms with Crippen LogP contribution in [0.5, 0.6) is 17.2 Å². The number of ether oxygens (including phenoxy) is 4. The number of Topliss-reactive ketones (excluding diaryl/α,β-unsaturated/α-hetero) is 2. The largest absolute Gasteiger partial charge is 0.496 e. The Hall–Kier alpha value is -3.13. The smallest absolute Gasteiger partial charge is 0.309 e. The molecule has 32 heavy (non-hydrogen) atoms. The maximum Gasteiger partial charge on any atom is 0.309 e. The number of hydrogen-bond donors (Lipinski definition) is 1. The first-order valence-corrected chi connectivity index (χ1v) is 10.3. The third kappa shape index (κ3) is 3.90. The molecule has 1 aliphatic rings. The first kappa shape index (κ1) is 23.5. The van der Waals surface area contributed by atoms with Crippen molar-refractivity contribution in [2.75, 3.05) is 28.4 Å². The topological polar surface area (TPSA) is 108 Å². The van der Waals surface area contributed by atoms with E-state index in [1.54, 1.807) is 12.1 Å². The van der Waals surface area contributed by atoms with Gasteiger partial charge >= 0.3 is 5.97 Å². The average Bonchev–Trinajstić information content (AvgIpc) is 2.81. The molecular formula is C24H28O8. The Kier molecular flexibility index (Phi) is 6.74. The summed E-state index contributed by atoms with van der Waals surface area (Å²) in [6.45, 7) is 1.28. The minimum absolute atomic E-state index is 0.0720. The van der Waals surface area contributed by atoms with E-state index in [4.69, 9.17) is 18.9 Å². The van der Waals surface area contributed by atoms with Crippen LogP contribution in [0.25, 0.3) is 10.8 Å². The molecule has 0 spiro atoms. The SMILES string of the molecule is COC(=O)[C@@H]1C[C@@](O)(C(C)=O)CC[C@H]1C(=O)c1cc(OC)c2cccc(OC)c2c1OC. The molecule has 3 atom stereocenters. The molecule has 172 valence electrons. The van der Waals surface area contributed by atoms with Gasteiger partial charge in [-0.15, -0.1) is 0 Å². The summed E-state index contributed by atoms with van der Waals surface area (Å²) in [5.74, 6) is -1.94. The van der Waals surface area contributed by atoms with Gasteiger partial charge in [-0.25, -0.2) is 0 Å². The van der Waals surface area contributed by atoms with Crippen molar-refractivity contribution in [1.29, 1.82) is 0 Å². The number of rotatable bonds is 7. The number of ketones is 2. The zero-order valence-corrected chi connectivity index (χ0v) is 18.9. The molecule has 0 radical (unpaired) electrons. The summed E-state index contributed by atoms with van der Waals surface area (Å²) in [6, 6.07) is 6.98. The number of esters is 1. The van der Waals surface area contributed by atoms with E-state index in [0.29, 0.717) is 28.0 Å². The third-order valence-electron chi connectivity index (χ3n) is 6.36. The summed E-state index contributed by atoms with van der Waals surface area (Å²) < 4.78 is 21.5. The molecule has 0 amide bonds. The molecule has 0 heterocycles. The molecule has 1 fully saturated rings. The quantitative estimate of drug-likeness (QED) is 0.513. The van der Waals surface area contributed by atoms with Gasteiger partial charge in [-0.1, -0.05) is 12.1 Å². The monoisotopic (exact) mass is 444 g/mol. The Morgan fingerprint density at radius 2 is 1.69 bits per heavy atom. The third-order valence-corrected chi connectivity index (χ3v) is 6.36. The fraction of sp³-hybridized carbons (Fsp3) is 0.458. The Balaban J connectivity index is 2.16. The Morgan fingerprint density at radius 3 is 2.25 bits per heavy atom. The minimum atomic E-state index is -1.66. The fourth-order valence-electron chi connectivity index (χ4n) is 4.55. The van der Waals surface area contributed by atoms with Crippen molar-refractivity contribution >= 4 is 28.3 Å². The van der Waals surface area contributed by atoms with Gasteiger partial charge in [-0.2, -0.15) is 0 Å². The zero-order chi connectivity index (χ0) is 23.6. The zero-order valence-electron chi connectivity index (χ0n) is 18.9. The molecule has 0 unspecified atom stereocenters. The van der Waals surface area contributed by atoms with E-state index >= 15 is 0 Å². The van der Waals surface area contributed by atoms with Gasteiger partial charge in [0.1, 0.15) is 22.8 Å². The van der Waals surface area contributed by atoms with E-state index in [1.165, 1.54) is 35.4 Å². The summed E-state index contributed by atoms with van der Waals surface area (Å²) in [5.41, 5.74) is -1.43. The molecule has 0 saturated heterocycles. The van der Waals surface area contributed by atoms with Crippen LogP contribution in [0.3, 0.4) is 0 Å². The van der Waals surface area contributed by atoms with Crippen molar-refractivity contribution in [2.45, 2.75) is 31.8 Å². The van der Waals surface area contributed by atoms with Crippen LogP contribution in [0.2, 0.25) is 0 Å². The van der Waals surface area contributed by atoms with Gasteiger partial charge in [0.15, 0.2) is 11.6 Å². The number of carbonyl (C=O) groups is 3. The number of fused-ring (bicyclic) bond motifs is 1. The maximum absolute atomic E-state index is 13.8. The van der Waals surface area contributed by atoms with Gasteiger partial charge in [-0.3, -0.25) is 14.4 Å². The lowest BCUT2D eigenvalue weighted by Crippen LogP contribution is -2.48. The van der Waals surface area contributed by atoms with Crippen LogP contribution in [0, 0.1) is 11.8 Å². The van der Waals surface area contributed by atoms with Gasteiger partial charge in [-0.05, 0) is 38.3 Å². The second-order valence-corrected chi connectivity index (χ2v) is 7.97. The van der Waals surface area contributed by atoms with E-state index in [9.17, 15) is 19.5 Å². The standard InChI is InChI=1S/C24H28O8/c1-13(25)24(28)10-9-14(17(12-24)23(27)32-5)21(26)16-11-19(30-3)15-7-6-8-18(29-2)20(15)22(16)31-4/h6-8,11,14,17,28H,9-10,12H2,1-5H3/t14-,17-,24-/m1/s1. The first-order valence-electron chi connectivity index (χ1n) is 10.3. The van der Waals surface area contributed by atoms with Gasteiger partial charge in [0.2, 0.25) is 0 Å². The fourth-order valence-corrected chi connectivity index (χ4v) is 4.55. The molecule has 8 heteroatoms. The molecule has 0 bridgehead atoms. The highest BCUT2D eigenvalue weighted by atomic mass is 16.5. The van der Waals surface area contributed by atoms with Gasteiger partial charge in [0.25, 0.3) is 0 Å². The van der Waals surface area contributed by atoms with Crippen LogP contribution in [0.1, 0.15) is 36.5 Å². The minimum Gasteiger partial charge on any atom is -0.496 e. The molecule has 2 aromatic rings. The van der Waals surface area contributed by atoms with Crippen molar-refractivity contribution in [3.8, 4) is 17.2 Å². The molecular weight excluding hydrogens is 416 g/mol. The summed E-state index contributed by atoms with van der Waals surface area (Å²) >= 11 is 0. The van der Waals surface area contributed by atoms with Gasteiger partial charge in [0, 0.05) is 11.3 Å². The number of aliphatic hydroxyl groups is 1. The Labute approximate surface area is 186 Å². The highest BCUT2D eigenvalue weighted by Gasteiger charge is 2.48. The second kappa shape index (κ2) is 9.16. The Bertz CT molecular complexity index is 1060. The number of hydrogen-bond acceptors (Lipinski definition) is 8. The first-order chi connectivity index (χ1) is 15.2. The van der Waals surface area contributed by atoms with Gasteiger partial charge in [0.05, 0.1) is 45.3 Å². The van der Waals surface area contributed by atoms with E-state index < -0.39 is 29.2 Å². The number of methoxy groups -OCH3 is 4. The van der Waals surface area contributed by atoms with Crippen molar-refractivity contribution in [2.24, 2.45) is 11.8 Å². The lowest BCUT2D eigenvalue weighted by molar-refractivity contribution is -0.156. The van der Waals surface area contributed by atoms with Crippen LogP contribution < -0.4 is 14.2 Å². The molecule has 0 aromatic heterocycles. The van der Waals surface area contributed by atoms with Crippen molar-refractivity contribution in [3.05, 3.63) is 29.8 Å². The molecule has 3 rings (SSSR count). The summed E-state index contributed by atoms with van der Waals surface area (Å²) in [7, 11) is 5.69. The predicted octanol–water partition coefficient (Wildman–Crippen LogP) is 2.96. The van der Waals surface area contributed by atoms with E-state index in [1.807, 2.05) is 12.1 Å². The average molecular weight is 444 g/mol. The summed E-state index contributed by atoms with van der Waals surface area (Å²) in [6.07, 6.45) is 0.0362. The van der Waals surface area contributed by atoms with Crippen LogP contribution in [0.15, 0.2) is 24.3 Å². The van der Waals surface area contributed by atoms with Crippen molar-refractivity contribution in [1.82, 2.24) is 0 Å². The molecule has 8 nitrogen and oxygen atoms in total. The van der Waals surface area contributed by atoms with E-state index in [0.717, 1.165) is 0 Å². The number of carbonyl (C=O) groups excluding carboxylic acids is 3. The summed E-state index contributed by atoms with van der Waals surface area (Å²) in [5, 5.41) is 12.0. The maximum atomic E-state index is 13.8. The molecule has 1 saturated carbocycles. The lowest BCUT2D eigenvalue weighted by atomic mass is 9.68. The van der Waals surface area contributed by atoms with Gasteiger partial charge < -0.3 is 24.1 Å². The van der Waals surface area contributed by atoms with Crippen molar-refractivity contribution < 1.29 is 38.4 Å².